The Kier molecular flexibility index (Phi) is 6.06. The Balaban J connectivity index is 1.52. The van der Waals surface area contributed by atoms with E-state index in [1.165, 1.54) is 18.5 Å². The van der Waals surface area contributed by atoms with Gasteiger partial charge < -0.3 is 15.2 Å². The molecule has 0 bridgehead atoms. The molecule has 2 N–H and O–H groups in total. The second-order valence-electron chi connectivity index (χ2n) is 6.59. The van der Waals surface area contributed by atoms with Gasteiger partial charge in [-0.05, 0) is 42.3 Å². The maximum atomic E-state index is 13.3. The first-order valence-corrected chi connectivity index (χ1v) is 9.73. The van der Waals surface area contributed by atoms with Crippen molar-refractivity contribution in [2.24, 2.45) is 0 Å². The van der Waals surface area contributed by atoms with Crippen molar-refractivity contribution >= 4 is 34.1 Å². The highest BCUT2D eigenvalue weighted by Crippen LogP contribution is 2.31. The molecule has 4 aromatic rings. The van der Waals surface area contributed by atoms with E-state index in [1.807, 2.05) is 6.07 Å². The van der Waals surface area contributed by atoms with Crippen molar-refractivity contribution in [2.75, 3.05) is 11.9 Å². The molecule has 0 fully saturated rings. The van der Waals surface area contributed by atoms with Crippen molar-refractivity contribution < 1.29 is 14.2 Å². The average molecular weight is 428 g/mol. The lowest BCUT2D eigenvalue weighted by molar-refractivity contribution is 0.278. The van der Waals surface area contributed by atoms with Gasteiger partial charge in [-0.3, -0.25) is 4.68 Å². The standard InChI is InChI=1S/C21H19ClFN5O2/c22-17-10-16(5-6-19(17)30-12-14-3-1-4-15(23)9-14)27-21-20-18(24-13-25-21)11-26-28(20)7-2-8-29/h1,3-6,9-11,13,29H,2,7-8,12H2,(H,24,25,27). The van der Waals surface area contributed by atoms with Crippen molar-refractivity contribution in [1.82, 2.24) is 19.7 Å². The molecule has 0 aliphatic carbocycles. The van der Waals surface area contributed by atoms with Crippen LogP contribution in [0.2, 0.25) is 5.02 Å². The van der Waals surface area contributed by atoms with E-state index in [4.69, 9.17) is 21.4 Å². The predicted molar refractivity (Wildman–Crippen MR) is 112 cm³/mol. The van der Waals surface area contributed by atoms with Crippen LogP contribution in [0.4, 0.5) is 15.9 Å². The van der Waals surface area contributed by atoms with E-state index in [-0.39, 0.29) is 19.0 Å². The molecule has 154 valence electrons. The molecule has 0 saturated heterocycles. The fourth-order valence-electron chi connectivity index (χ4n) is 3.03. The Morgan fingerprint density at radius 1 is 1.17 bits per heavy atom. The number of halogens is 2. The number of benzene rings is 2. The van der Waals surface area contributed by atoms with Gasteiger partial charge in [-0.1, -0.05) is 23.7 Å². The van der Waals surface area contributed by atoms with Crippen molar-refractivity contribution in [1.29, 1.82) is 0 Å². The maximum absolute atomic E-state index is 13.3. The molecule has 0 aliphatic rings. The molecule has 0 unspecified atom stereocenters. The summed E-state index contributed by atoms with van der Waals surface area (Å²) in [7, 11) is 0. The van der Waals surface area contributed by atoms with Gasteiger partial charge in [-0.25, -0.2) is 14.4 Å². The van der Waals surface area contributed by atoms with E-state index in [1.54, 1.807) is 35.1 Å². The minimum Gasteiger partial charge on any atom is -0.487 e. The van der Waals surface area contributed by atoms with Crippen LogP contribution < -0.4 is 10.1 Å². The van der Waals surface area contributed by atoms with Crippen molar-refractivity contribution in [3.05, 3.63) is 71.4 Å². The molecule has 2 heterocycles. The summed E-state index contributed by atoms with van der Waals surface area (Å²) in [6.45, 7) is 0.834. The number of hydrogen-bond acceptors (Lipinski definition) is 6. The molecule has 30 heavy (non-hydrogen) atoms. The zero-order chi connectivity index (χ0) is 20.9. The number of aliphatic hydroxyl groups excluding tert-OH is 1. The fourth-order valence-corrected chi connectivity index (χ4v) is 3.26. The van der Waals surface area contributed by atoms with Gasteiger partial charge in [0.1, 0.15) is 35.5 Å². The molecule has 0 aliphatic heterocycles. The summed E-state index contributed by atoms with van der Waals surface area (Å²) in [4.78, 5) is 8.56. The number of rotatable bonds is 8. The monoisotopic (exact) mass is 427 g/mol. The molecule has 0 saturated carbocycles. The Labute approximate surface area is 177 Å². The minimum absolute atomic E-state index is 0.0739. The van der Waals surface area contributed by atoms with Crippen LogP contribution in [0, 0.1) is 5.82 Å². The Morgan fingerprint density at radius 2 is 2.07 bits per heavy atom. The van der Waals surface area contributed by atoms with Crippen LogP contribution in [0.15, 0.2) is 55.0 Å². The van der Waals surface area contributed by atoms with Crippen LogP contribution in [0.1, 0.15) is 12.0 Å². The first kappa shape index (κ1) is 20.1. The highest BCUT2D eigenvalue weighted by atomic mass is 35.5. The third-order valence-electron chi connectivity index (χ3n) is 4.43. The largest absolute Gasteiger partial charge is 0.487 e. The molecule has 2 aromatic carbocycles. The molecule has 9 heteroatoms. The third kappa shape index (κ3) is 4.50. The summed E-state index contributed by atoms with van der Waals surface area (Å²) in [5.41, 5.74) is 2.88. The summed E-state index contributed by atoms with van der Waals surface area (Å²) in [6.07, 6.45) is 3.70. The van der Waals surface area contributed by atoms with E-state index < -0.39 is 0 Å². The summed E-state index contributed by atoms with van der Waals surface area (Å²) >= 11 is 6.37. The molecule has 0 amide bonds. The van der Waals surface area contributed by atoms with Crippen molar-refractivity contribution in [3.63, 3.8) is 0 Å². The zero-order valence-corrected chi connectivity index (χ0v) is 16.7. The summed E-state index contributed by atoms with van der Waals surface area (Å²) in [5.74, 6) is 0.767. The smallest absolute Gasteiger partial charge is 0.160 e. The highest BCUT2D eigenvalue weighted by molar-refractivity contribution is 6.32. The molecule has 0 atom stereocenters. The Hall–Kier alpha value is -3.23. The van der Waals surface area contributed by atoms with Crippen molar-refractivity contribution in [2.45, 2.75) is 19.6 Å². The topological polar surface area (TPSA) is 85.1 Å². The third-order valence-corrected chi connectivity index (χ3v) is 4.73. The Morgan fingerprint density at radius 3 is 2.87 bits per heavy atom. The molecule has 0 spiro atoms. The number of aromatic nitrogens is 4. The first-order chi connectivity index (χ1) is 14.6. The number of anilines is 2. The van der Waals surface area contributed by atoms with Gasteiger partial charge >= 0.3 is 0 Å². The fraction of sp³-hybridized carbons (Fsp3) is 0.190. The number of ether oxygens (including phenoxy) is 1. The lowest BCUT2D eigenvalue weighted by atomic mass is 10.2. The van der Waals surface area contributed by atoms with Crippen LogP contribution >= 0.6 is 11.6 Å². The molecule has 2 aromatic heterocycles. The van der Waals surface area contributed by atoms with Gasteiger partial charge in [0.05, 0.1) is 11.2 Å². The van der Waals surface area contributed by atoms with Crippen LogP contribution in [0.3, 0.4) is 0 Å². The molecular weight excluding hydrogens is 409 g/mol. The minimum atomic E-state index is -0.309. The number of fused-ring (bicyclic) bond motifs is 1. The van der Waals surface area contributed by atoms with Gasteiger partial charge in [0.15, 0.2) is 5.82 Å². The molecule has 0 radical (unpaired) electrons. The molecule has 7 nitrogen and oxygen atoms in total. The lowest BCUT2D eigenvalue weighted by Crippen LogP contribution is -2.05. The normalized spacial score (nSPS) is 11.0. The lowest BCUT2D eigenvalue weighted by Gasteiger charge is -2.12. The highest BCUT2D eigenvalue weighted by Gasteiger charge is 2.12. The number of aryl methyl sites for hydroxylation is 1. The van der Waals surface area contributed by atoms with Gasteiger partial charge in [0.25, 0.3) is 0 Å². The SMILES string of the molecule is OCCCn1ncc2ncnc(Nc3ccc(OCc4cccc(F)c4)c(Cl)c3)c21. The number of hydrogen-bond donors (Lipinski definition) is 2. The number of nitrogens with one attached hydrogen (secondary N) is 1. The van der Waals surface area contributed by atoms with Crippen molar-refractivity contribution in [3.8, 4) is 5.75 Å². The second-order valence-corrected chi connectivity index (χ2v) is 7.00. The van der Waals surface area contributed by atoms with Crippen LogP contribution in [-0.2, 0) is 13.2 Å². The number of aliphatic hydroxyl groups is 1. The van der Waals surface area contributed by atoms with E-state index in [2.05, 4.69) is 20.4 Å². The second kappa shape index (κ2) is 9.06. The quantitative estimate of drug-likeness (QED) is 0.435. The average Bonchev–Trinajstić information content (AvgIpc) is 3.16. The van der Waals surface area contributed by atoms with Crippen LogP contribution in [-0.4, -0.2) is 31.5 Å². The summed E-state index contributed by atoms with van der Waals surface area (Å²) in [6, 6.07) is 11.5. The molecular formula is C21H19ClFN5O2. The summed E-state index contributed by atoms with van der Waals surface area (Å²) in [5, 5.41) is 17.1. The van der Waals surface area contributed by atoms with E-state index in [0.717, 1.165) is 5.52 Å². The zero-order valence-electron chi connectivity index (χ0n) is 15.9. The van der Waals surface area contributed by atoms with Gasteiger partial charge in [-0.2, -0.15) is 5.10 Å². The number of nitrogens with zero attached hydrogens (tertiary/aromatic N) is 4. The maximum Gasteiger partial charge on any atom is 0.160 e. The van der Waals surface area contributed by atoms with Gasteiger partial charge in [-0.15, -0.1) is 0 Å². The molecule has 4 rings (SSSR count). The Bertz CT molecular complexity index is 1170. The van der Waals surface area contributed by atoms with E-state index >= 15 is 0 Å². The van der Waals surface area contributed by atoms with Crippen LogP contribution in [0.5, 0.6) is 5.75 Å². The first-order valence-electron chi connectivity index (χ1n) is 9.35. The van der Waals surface area contributed by atoms with E-state index in [0.29, 0.717) is 46.3 Å². The van der Waals surface area contributed by atoms with Crippen LogP contribution in [0.25, 0.3) is 11.0 Å². The van der Waals surface area contributed by atoms with Gasteiger partial charge in [0, 0.05) is 18.8 Å². The predicted octanol–water partition coefficient (Wildman–Crippen LogP) is 4.32. The summed E-state index contributed by atoms with van der Waals surface area (Å²) < 4.78 is 20.8. The van der Waals surface area contributed by atoms with Gasteiger partial charge in [0.2, 0.25) is 0 Å². The van der Waals surface area contributed by atoms with E-state index in [9.17, 15) is 4.39 Å².